The van der Waals surface area contributed by atoms with Crippen molar-refractivity contribution >= 4 is 15.9 Å². The van der Waals surface area contributed by atoms with Gasteiger partial charge in [0.15, 0.2) is 0 Å². The van der Waals surface area contributed by atoms with Crippen LogP contribution in [-0.2, 0) is 0 Å². The standard InChI is InChI=1S/C5H11BrN2/c1-3-4(6)2-5(7)8-3/h3-5,8H,2,7H2,1H3. The fraction of sp³-hybridized carbons (Fsp3) is 1.00. The second kappa shape index (κ2) is 2.33. The molecular formula is C5H11BrN2. The second-order valence-electron chi connectivity index (χ2n) is 2.31. The lowest BCUT2D eigenvalue weighted by molar-refractivity contribution is 0.580. The molecule has 1 aliphatic heterocycles. The zero-order valence-electron chi connectivity index (χ0n) is 4.89. The van der Waals surface area contributed by atoms with Gasteiger partial charge >= 0.3 is 0 Å². The quantitative estimate of drug-likeness (QED) is 0.529. The second-order valence-corrected chi connectivity index (χ2v) is 3.49. The van der Waals surface area contributed by atoms with Gasteiger partial charge in [-0.25, -0.2) is 0 Å². The molecule has 0 aromatic rings. The maximum atomic E-state index is 5.57. The Morgan fingerprint density at radius 2 is 2.38 bits per heavy atom. The fourth-order valence-corrected chi connectivity index (χ4v) is 1.51. The molecule has 1 saturated heterocycles. The van der Waals surface area contributed by atoms with Gasteiger partial charge < -0.3 is 5.73 Å². The highest BCUT2D eigenvalue weighted by molar-refractivity contribution is 9.09. The number of halogens is 1. The first-order valence-corrected chi connectivity index (χ1v) is 3.77. The molecule has 1 fully saturated rings. The van der Waals surface area contributed by atoms with E-state index in [1.165, 1.54) is 0 Å². The van der Waals surface area contributed by atoms with E-state index in [4.69, 9.17) is 5.73 Å². The Balaban J connectivity index is 2.39. The Hall–Kier alpha value is 0.400. The molecule has 3 heteroatoms. The summed E-state index contributed by atoms with van der Waals surface area (Å²) < 4.78 is 0. The van der Waals surface area contributed by atoms with E-state index < -0.39 is 0 Å². The Morgan fingerprint density at radius 1 is 1.75 bits per heavy atom. The van der Waals surface area contributed by atoms with E-state index in [1.807, 2.05) is 0 Å². The summed E-state index contributed by atoms with van der Waals surface area (Å²) in [7, 11) is 0. The minimum Gasteiger partial charge on any atom is -0.316 e. The number of alkyl halides is 1. The Labute approximate surface area is 58.0 Å². The van der Waals surface area contributed by atoms with Crippen molar-refractivity contribution in [1.29, 1.82) is 0 Å². The van der Waals surface area contributed by atoms with Gasteiger partial charge in [0.25, 0.3) is 0 Å². The molecule has 3 unspecified atom stereocenters. The summed E-state index contributed by atoms with van der Waals surface area (Å²) >= 11 is 3.50. The lowest BCUT2D eigenvalue weighted by atomic mass is 10.2. The molecule has 2 nitrogen and oxygen atoms in total. The van der Waals surface area contributed by atoms with Gasteiger partial charge in [0.2, 0.25) is 0 Å². The van der Waals surface area contributed by atoms with Gasteiger partial charge in [-0.2, -0.15) is 0 Å². The summed E-state index contributed by atoms with van der Waals surface area (Å²) in [6, 6.07) is 0.532. The molecule has 8 heavy (non-hydrogen) atoms. The Kier molecular flexibility index (Phi) is 1.90. The summed E-state index contributed by atoms with van der Waals surface area (Å²) in [6.07, 6.45) is 1.25. The minimum absolute atomic E-state index is 0.203. The first-order chi connectivity index (χ1) is 3.70. The topological polar surface area (TPSA) is 38.0 Å². The van der Waals surface area contributed by atoms with Crippen LogP contribution < -0.4 is 11.1 Å². The number of rotatable bonds is 0. The van der Waals surface area contributed by atoms with Crippen LogP contribution in [0.5, 0.6) is 0 Å². The molecule has 0 aliphatic carbocycles. The zero-order valence-corrected chi connectivity index (χ0v) is 6.48. The van der Waals surface area contributed by atoms with Gasteiger partial charge in [0.05, 0.1) is 6.17 Å². The van der Waals surface area contributed by atoms with Crippen LogP contribution in [0.1, 0.15) is 13.3 Å². The van der Waals surface area contributed by atoms with E-state index in [2.05, 4.69) is 28.2 Å². The molecular weight excluding hydrogens is 168 g/mol. The van der Waals surface area contributed by atoms with Crippen molar-refractivity contribution in [2.75, 3.05) is 0 Å². The summed E-state index contributed by atoms with van der Waals surface area (Å²) in [5.74, 6) is 0. The average molecular weight is 179 g/mol. The molecule has 0 aromatic heterocycles. The largest absolute Gasteiger partial charge is 0.316 e. The van der Waals surface area contributed by atoms with Crippen molar-refractivity contribution in [1.82, 2.24) is 5.32 Å². The van der Waals surface area contributed by atoms with Gasteiger partial charge in [-0.1, -0.05) is 15.9 Å². The van der Waals surface area contributed by atoms with Crippen LogP contribution in [0.3, 0.4) is 0 Å². The van der Waals surface area contributed by atoms with Crippen molar-refractivity contribution in [3.63, 3.8) is 0 Å². The number of hydrogen-bond acceptors (Lipinski definition) is 2. The van der Waals surface area contributed by atoms with Crippen molar-refractivity contribution in [3.05, 3.63) is 0 Å². The van der Waals surface area contributed by atoms with Gasteiger partial charge in [-0.05, 0) is 13.3 Å². The van der Waals surface area contributed by atoms with Crippen LogP contribution in [0.4, 0.5) is 0 Å². The number of nitrogens with two attached hydrogens (primary N) is 1. The van der Waals surface area contributed by atoms with E-state index in [0.29, 0.717) is 10.9 Å². The van der Waals surface area contributed by atoms with Crippen LogP contribution in [-0.4, -0.2) is 17.0 Å². The number of nitrogens with one attached hydrogen (secondary N) is 1. The molecule has 3 atom stereocenters. The molecule has 0 spiro atoms. The van der Waals surface area contributed by atoms with E-state index in [0.717, 1.165) is 6.42 Å². The SMILES string of the molecule is CC1NC(N)CC1Br. The summed E-state index contributed by atoms with van der Waals surface area (Å²) in [5, 5.41) is 3.20. The molecule has 0 aromatic carbocycles. The third-order valence-corrected chi connectivity index (χ3v) is 2.67. The highest BCUT2D eigenvalue weighted by atomic mass is 79.9. The van der Waals surface area contributed by atoms with Crippen molar-refractivity contribution in [2.24, 2.45) is 5.73 Å². The van der Waals surface area contributed by atoms with Crippen LogP contribution in [0.25, 0.3) is 0 Å². The Bertz CT molecular complexity index is 76.5. The Morgan fingerprint density at radius 3 is 2.50 bits per heavy atom. The average Bonchev–Trinajstić information content (AvgIpc) is 1.85. The summed E-state index contributed by atoms with van der Waals surface area (Å²) in [5.41, 5.74) is 5.57. The molecule has 1 rings (SSSR count). The van der Waals surface area contributed by atoms with Gasteiger partial charge in [0, 0.05) is 10.9 Å². The molecule has 0 saturated carbocycles. The molecule has 48 valence electrons. The predicted octanol–water partition coefficient (Wildman–Crippen LogP) is 0.417. The smallest absolute Gasteiger partial charge is 0.0560 e. The van der Waals surface area contributed by atoms with Crippen LogP contribution in [0.15, 0.2) is 0 Å². The maximum absolute atomic E-state index is 5.57. The van der Waals surface area contributed by atoms with E-state index in [1.54, 1.807) is 0 Å². The molecule has 3 N–H and O–H groups in total. The van der Waals surface area contributed by atoms with Crippen molar-refractivity contribution in [2.45, 2.75) is 30.4 Å². The third-order valence-electron chi connectivity index (χ3n) is 1.50. The normalized spacial score (nSPS) is 47.6. The molecule has 0 amide bonds. The van der Waals surface area contributed by atoms with E-state index in [-0.39, 0.29) is 6.17 Å². The summed E-state index contributed by atoms with van der Waals surface area (Å²) in [6.45, 7) is 2.13. The lowest BCUT2D eigenvalue weighted by Crippen LogP contribution is -2.34. The number of hydrogen-bond donors (Lipinski definition) is 2. The molecule has 0 radical (unpaired) electrons. The van der Waals surface area contributed by atoms with Gasteiger partial charge in [-0.15, -0.1) is 0 Å². The monoisotopic (exact) mass is 178 g/mol. The zero-order chi connectivity index (χ0) is 6.15. The van der Waals surface area contributed by atoms with Gasteiger partial charge in [0.1, 0.15) is 0 Å². The summed E-state index contributed by atoms with van der Waals surface area (Å²) in [4.78, 5) is 0.567. The van der Waals surface area contributed by atoms with E-state index in [9.17, 15) is 0 Å². The molecule has 1 heterocycles. The van der Waals surface area contributed by atoms with Crippen LogP contribution in [0, 0.1) is 0 Å². The molecule has 1 aliphatic rings. The minimum atomic E-state index is 0.203. The van der Waals surface area contributed by atoms with Crippen LogP contribution in [0.2, 0.25) is 0 Å². The fourth-order valence-electron chi connectivity index (χ4n) is 0.957. The predicted molar refractivity (Wildman–Crippen MR) is 37.9 cm³/mol. The maximum Gasteiger partial charge on any atom is 0.0560 e. The van der Waals surface area contributed by atoms with Gasteiger partial charge in [-0.3, -0.25) is 5.32 Å². The first kappa shape index (κ1) is 6.52. The van der Waals surface area contributed by atoms with Crippen LogP contribution >= 0.6 is 15.9 Å². The molecule has 0 bridgehead atoms. The third kappa shape index (κ3) is 1.21. The highest BCUT2D eigenvalue weighted by Crippen LogP contribution is 2.17. The van der Waals surface area contributed by atoms with Crippen molar-refractivity contribution < 1.29 is 0 Å². The van der Waals surface area contributed by atoms with Crippen molar-refractivity contribution in [3.8, 4) is 0 Å². The first-order valence-electron chi connectivity index (χ1n) is 2.86. The van der Waals surface area contributed by atoms with E-state index >= 15 is 0 Å². The lowest BCUT2D eigenvalue weighted by Gasteiger charge is -2.04. The highest BCUT2D eigenvalue weighted by Gasteiger charge is 2.25.